The minimum absolute atomic E-state index is 0.137. The van der Waals surface area contributed by atoms with E-state index in [1.807, 2.05) is 0 Å². The van der Waals surface area contributed by atoms with Crippen LogP contribution >= 0.6 is 11.3 Å². The first-order chi connectivity index (χ1) is 8.19. The Morgan fingerprint density at radius 3 is 3.12 bits per heavy atom. The third kappa shape index (κ3) is 3.20. The first-order valence-electron chi connectivity index (χ1n) is 5.78. The van der Waals surface area contributed by atoms with Gasteiger partial charge in [-0.3, -0.25) is 4.79 Å². The van der Waals surface area contributed by atoms with Gasteiger partial charge in [0.2, 0.25) is 0 Å². The van der Waals surface area contributed by atoms with E-state index in [0.29, 0.717) is 12.3 Å². The van der Waals surface area contributed by atoms with Crippen LogP contribution in [0.25, 0.3) is 0 Å². The van der Waals surface area contributed by atoms with Crippen molar-refractivity contribution >= 4 is 23.0 Å². The lowest BCUT2D eigenvalue weighted by Crippen LogP contribution is -2.47. The fourth-order valence-corrected chi connectivity index (χ4v) is 3.03. The predicted molar refractivity (Wildman–Crippen MR) is 69.2 cm³/mol. The summed E-state index contributed by atoms with van der Waals surface area (Å²) in [4.78, 5) is 13.6. The van der Waals surface area contributed by atoms with Crippen LogP contribution < -0.4 is 10.6 Å². The highest BCUT2D eigenvalue weighted by Gasteiger charge is 2.27. The number of esters is 1. The van der Waals surface area contributed by atoms with Gasteiger partial charge in [0.15, 0.2) is 0 Å². The molecule has 1 aromatic rings. The molecule has 1 aliphatic heterocycles. The molecule has 4 nitrogen and oxygen atoms in total. The highest BCUT2D eigenvalue weighted by atomic mass is 32.1. The fraction of sp³-hybridized carbons (Fsp3) is 0.583. The number of ether oxygens (including phenoxy) is 1. The number of hydrogen-bond acceptors (Lipinski definition) is 5. The average molecular weight is 254 g/mol. The van der Waals surface area contributed by atoms with Gasteiger partial charge in [0.1, 0.15) is 0 Å². The van der Waals surface area contributed by atoms with Crippen molar-refractivity contribution in [1.82, 2.24) is 0 Å². The smallest absolute Gasteiger partial charge is 0.305 e. The van der Waals surface area contributed by atoms with E-state index >= 15 is 0 Å². The van der Waals surface area contributed by atoms with Gasteiger partial charge < -0.3 is 15.4 Å². The van der Waals surface area contributed by atoms with Crippen molar-refractivity contribution in [3.05, 3.63) is 16.8 Å². The molecule has 2 atom stereocenters. The summed E-state index contributed by atoms with van der Waals surface area (Å²) in [7, 11) is 1.43. The lowest BCUT2D eigenvalue weighted by molar-refractivity contribution is -0.141. The van der Waals surface area contributed by atoms with E-state index in [0.717, 1.165) is 19.5 Å². The Balaban J connectivity index is 1.99. The molecule has 1 saturated heterocycles. The summed E-state index contributed by atoms with van der Waals surface area (Å²) in [5.74, 6) is 0.153. The molecule has 1 fully saturated rings. The number of nitrogens with zero attached hydrogens (tertiary/aromatic N) is 1. The van der Waals surface area contributed by atoms with Gasteiger partial charge in [-0.15, -0.1) is 0 Å². The van der Waals surface area contributed by atoms with E-state index in [1.165, 1.54) is 12.8 Å². The van der Waals surface area contributed by atoms with Crippen LogP contribution in [0.1, 0.15) is 12.8 Å². The molecule has 0 radical (unpaired) electrons. The van der Waals surface area contributed by atoms with Crippen LogP contribution in [0.15, 0.2) is 16.8 Å². The van der Waals surface area contributed by atoms with Gasteiger partial charge >= 0.3 is 5.97 Å². The molecule has 2 rings (SSSR count). The Morgan fingerprint density at radius 1 is 1.65 bits per heavy atom. The van der Waals surface area contributed by atoms with Crippen LogP contribution in [0, 0.1) is 5.92 Å². The van der Waals surface area contributed by atoms with E-state index in [-0.39, 0.29) is 12.0 Å². The second kappa shape index (κ2) is 5.51. The molecular formula is C12H18N2O2S. The van der Waals surface area contributed by atoms with Crippen LogP contribution in [-0.2, 0) is 9.53 Å². The zero-order chi connectivity index (χ0) is 12.3. The summed E-state index contributed by atoms with van der Waals surface area (Å²) in [5.41, 5.74) is 7.26. The molecule has 0 amide bonds. The number of anilines is 1. The van der Waals surface area contributed by atoms with Crippen LogP contribution in [0.4, 0.5) is 5.69 Å². The largest absolute Gasteiger partial charge is 0.469 e. The molecule has 0 saturated carbocycles. The monoisotopic (exact) mass is 254 g/mol. The van der Waals surface area contributed by atoms with Crippen molar-refractivity contribution in [2.45, 2.75) is 18.9 Å². The van der Waals surface area contributed by atoms with Crippen molar-refractivity contribution in [2.24, 2.45) is 11.7 Å². The fourth-order valence-electron chi connectivity index (χ4n) is 2.36. The van der Waals surface area contributed by atoms with Gasteiger partial charge in [-0.1, -0.05) is 0 Å². The number of hydrogen-bond donors (Lipinski definition) is 1. The zero-order valence-electron chi connectivity index (χ0n) is 9.96. The van der Waals surface area contributed by atoms with Crippen LogP contribution in [0.2, 0.25) is 0 Å². The lowest BCUT2D eigenvalue weighted by Gasteiger charge is -2.36. The Labute approximate surface area is 105 Å². The maximum absolute atomic E-state index is 11.3. The summed E-state index contributed by atoms with van der Waals surface area (Å²) >= 11 is 1.68. The predicted octanol–water partition coefficient (Wildman–Crippen LogP) is 1.46. The first-order valence-corrected chi connectivity index (χ1v) is 6.73. The van der Waals surface area contributed by atoms with Crippen molar-refractivity contribution in [3.8, 4) is 0 Å². The SMILES string of the molecule is COC(=O)CC1CC(N)CN(c2ccsc2)C1. The van der Waals surface area contributed by atoms with Crippen LogP contribution in [-0.4, -0.2) is 32.2 Å². The first kappa shape index (κ1) is 12.4. The Morgan fingerprint density at radius 2 is 2.47 bits per heavy atom. The minimum atomic E-state index is -0.144. The number of nitrogens with two attached hydrogens (primary N) is 1. The molecule has 2 unspecified atom stereocenters. The molecule has 1 aromatic heterocycles. The van der Waals surface area contributed by atoms with Crippen molar-refractivity contribution < 1.29 is 9.53 Å². The molecule has 17 heavy (non-hydrogen) atoms. The van der Waals surface area contributed by atoms with E-state index in [2.05, 4.69) is 21.7 Å². The second-order valence-corrected chi connectivity index (χ2v) is 5.31. The Kier molecular flexibility index (Phi) is 4.02. The molecule has 2 N–H and O–H groups in total. The quantitative estimate of drug-likeness (QED) is 0.830. The Bertz CT molecular complexity index is 367. The zero-order valence-corrected chi connectivity index (χ0v) is 10.8. The maximum atomic E-state index is 11.3. The summed E-state index contributed by atoms with van der Waals surface area (Å²) in [6.45, 7) is 1.76. The van der Waals surface area contributed by atoms with Crippen molar-refractivity contribution in [1.29, 1.82) is 0 Å². The molecule has 5 heteroatoms. The second-order valence-electron chi connectivity index (χ2n) is 4.53. The van der Waals surface area contributed by atoms with Crippen LogP contribution in [0.3, 0.4) is 0 Å². The van der Waals surface area contributed by atoms with Gasteiger partial charge in [-0.25, -0.2) is 0 Å². The molecule has 0 bridgehead atoms. The summed E-state index contributed by atoms with van der Waals surface area (Å²) < 4.78 is 4.72. The number of piperidine rings is 1. The average Bonchev–Trinajstić information content (AvgIpc) is 2.81. The van der Waals surface area contributed by atoms with E-state index < -0.39 is 0 Å². The molecule has 0 aliphatic carbocycles. The number of carbonyl (C=O) groups excluding carboxylic acids is 1. The molecular weight excluding hydrogens is 236 g/mol. The molecule has 94 valence electrons. The van der Waals surface area contributed by atoms with Gasteiger partial charge in [0.25, 0.3) is 0 Å². The molecule has 1 aliphatic rings. The topological polar surface area (TPSA) is 55.6 Å². The normalized spacial score (nSPS) is 24.7. The van der Waals surface area contributed by atoms with Gasteiger partial charge in [0.05, 0.1) is 13.5 Å². The molecule has 0 aromatic carbocycles. The van der Waals surface area contributed by atoms with E-state index in [1.54, 1.807) is 11.3 Å². The van der Waals surface area contributed by atoms with Gasteiger partial charge in [-0.2, -0.15) is 11.3 Å². The third-order valence-electron chi connectivity index (χ3n) is 3.12. The highest BCUT2D eigenvalue weighted by molar-refractivity contribution is 7.08. The van der Waals surface area contributed by atoms with Gasteiger partial charge in [0, 0.05) is 30.2 Å². The number of thiophene rings is 1. The van der Waals surface area contributed by atoms with E-state index in [9.17, 15) is 4.79 Å². The summed E-state index contributed by atoms with van der Waals surface area (Å²) in [6.07, 6.45) is 1.36. The Hall–Kier alpha value is -1.07. The standard InChI is InChI=1S/C12H18N2O2S/c1-16-12(15)5-9-4-10(13)7-14(6-9)11-2-3-17-8-11/h2-3,8-10H,4-7,13H2,1H3. The number of carbonyl (C=O) groups is 1. The minimum Gasteiger partial charge on any atom is -0.469 e. The van der Waals surface area contributed by atoms with E-state index in [4.69, 9.17) is 10.5 Å². The van der Waals surface area contributed by atoms with Gasteiger partial charge in [-0.05, 0) is 23.8 Å². The van der Waals surface area contributed by atoms with Crippen molar-refractivity contribution in [2.75, 3.05) is 25.1 Å². The summed E-state index contributed by atoms with van der Waals surface area (Å²) in [5, 5.41) is 4.18. The van der Waals surface area contributed by atoms with Crippen molar-refractivity contribution in [3.63, 3.8) is 0 Å². The number of methoxy groups -OCH3 is 1. The van der Waals surface area contributed by atoms with Crippen LogP contribution in [0.5, 0.6) is 0 Å². The molecule has 0 spiro atoms. The highest BCUT2D eigenvalue weighted by Crippen LogP contribution is 2.26. The summed E-state index contributed by atoms with van der Waals surface area (Å²) in [6, 6.07) is 2.23. The third-order valence-corrected chi connectivity index (χ3v) is 3.79. The molecule has 2 heterocycles. The maximum Gasteiger partial charge on any atom is 0.305 e. The number of rotatable bonds is 3. The lowest BCUT2D eigenvalue weighted by atomic mass is 9.92.